The van der Waals surface area contributed by atoms with E-state index in [0.717, 1.165) is 47.6 Å². The van der Waals surface area contributed by atoms with Crippen molar-refractivity contribution in [2.24, 2.45) is 0 Å². The average molecular weight is 416 g/mol. The lowest BCUT2D eigenvalue weighted by Gasteiger charge is -2.23. The van der Waals surface area contributed by atoms with Gasteiger partial charge in [0.15, 0.2) is 0 Å². The third-order valence-electron chi connectivity index (χ3n) is 6.00. The van der Waals surface area contributed by atoms with Crippen LogP contribution in [0.15, 0.2) is 60.7 Å². The van der Waals surface area contributed by atoms with Crippen LogP contribution >= 0.6 is 0 Å². The van der Waals surface area contributed by atoms with Crippen molar-refractivity contribution in [2.75, 3.05) is 5.32 Å². The molecule has 4 rings (SSSR count). The third-order valence-corrected chi connectivity index (χ3v) is 6.00. The predicted octanol–water partition coefficient (Wildman–Crippen LogP) is 5.53. The molecule has 31 heavy (non-hydrogen) atoms. The number of anilines is 1. The lowest BCUT2D eigenvalue weighted by atomic mass is 9.96. The number of aryl methyl sites for hydroxylation is 1. The molecule has 1 aliphatic carbocycles. The van der Waals surface area contributed by atoms with E-state index in [1.165, 1.54) is 6.42 Å². The highest BCUT2D eigenvalue weighted by atomic mass is 16.2. The van der Waals surface area contributed by atoms with Gasteiger partial charge in [0.05, 0.1) is 0 Å². The quantitative estimate of drug-likeness (QED) is 0.513. The van der Waals surface area contributed by atoms with Crippen molar-refractivity contribution in [1.29, 1.82) is 0 Å². The van der Waals surface area contributed by atoms with Crippen molar-refractivity contribution in [3.8, 4) is 0 Å². The maximum Gasteiger partial charge on any atom is 0.319 e. The fourth-order valence-corrected chi connectivity index (χ4v) is 4.26. The predicted molar refractivity (Wildman–Crippen MR) is 125 cm³/mol. The molecule has 1 saturated carbocycles. The minimum atomic E-state index is -0.210. The van der Waals surface area contributed by atoms with Gasteiger partial charge in [-0.25, -0.2) is 4.79 Å². The maximum atomic E-state index is 12.9. The number of amides is 3. The second-order valence-corrected chi connectivity index (χ2v) is 8.28. The summed E-state index contributed by atoms with van der Waals surface area (Å²) in [5.41, 5.74) is 3.13. The summed E-state index contributed by atoms with van der Waals surface area (Å²) in [6, 6.07) is 19.7. The summed E-state index contributed by atoms with van der Waals surface area (Å²) in [4.78, 5) is 25.2. The summed E-state index contributed by atoms with van der Waals surface area (Å²) in [7, 11) is 0. The number of hydrogen-bond donors (Lipinski definition) is 3. The molecule has 0 radical (unpaired) electrons. The van der Waals surface area contributed by atoms with Gasteiger partial charge < -0.3 is 16.0 Å². The lowest BCUT2D eigenvalue weighted by Crippen LogP contribution is -2.39. The van der Waals surface area contributed by atoms with Crippen LogP contribution in [0.2, 0.25) is 0 Å². The van der Waals surface area contributed by atoms with Crippen LogP contribution < -0.4 is 16.0 Å². The van der Waals surface area contributed by atoms with Crippen LogP contribution in [0.3, 0.4) is 0 Å². The molecule has 0 spiro atoms. The van der Waals surface area contributed by atoms with Gasteiger partial charge in [-0.2, -0.15) is 0 Å². The van der Waals surface area contributed by atoms with Crippen LogP contribution in [0.25, 0.3) is 10.8 Å². The van der Waals surface area contributed by atoms with Crippen molar-refractivity contribution in [3.63, 3.8) is 0 Å². The molecule has 1 fully saturated rings. The highest BCUT2D eigenvalue weighted by molar-refractivity contribution is 5.98. The molecule has 3 aromatic carbocycles. The van der Waals surface area contributed by atoms with Crippen LogP contribution in [0, 0.1) is 6.92 Å². The summed E-state index contributed by atoms with van der Waals surface area (Å²) < 4.78 is 0. The normalized spacial score (nSPS) is 14.2. The van der Waals surface area contributed by atoms with Gasteiger partial charge in [-0.3, -0.25) is 4.79 Å². The van der Waals surface area contributed by atoms with Crippen LogP contribution in [-0.4, -0.2) is 18.0 Å². The first-order chi connectivity index (χ1) is 15.1. The van der Waals surface area contributed by atoms with E-state index in [-0.39, 0.29) is 18.0 Å². The summed E-state index contributed by atoms with van der Waals surface area (Å²) in [5, 5.41) is 11.2. The molecule has 3 amide bonds. The van der Waals surface area contributed by atoms with E-state index in [4.69, 9.17) is 0 Å². The van der Waals surface area contributed by atoms with E-state index in [9.17, 15) is 9.59 Å². The van der Waals surface area contributed by atoms with E-state index in [1.807, 2.05) is 43.3 Å². The van der Waals surface area contributed by atoms with E-state index < -0.39 is 0 Å². The summed E-state index contributed by atoms with van der Waals surface area (Å²) in [5.74, 6) is -0.151. The van der Waals surface area contributed by atoms with Crippen molar-refractivity contribution in [3.05, 3.63) is 77.4 Å². The molecule has 0 saturated heterocycles. The molecule has 0 atom stereocenters. The van der Waals surface area contributed by atoms with Gasteiger partial charge in [-0.1, -0.05) is 67.8 Å². The Bertz CT molecular complexity index is 1080. The molecular formula is C26H29N3O2. The van der Waals surface area contributed by atoms with Crippen LogP contribution in [0.1, 0.15) is 53.6 Å². The maximum absolute atomic E-state index is 12.9. The molecule has 0 unspecified atom stereocenters. The van der Waals surface area contributed by atoms with Crippen molar-refractivity contribution in [2.45, 2.75) is 51.6 Å². The summed E-state index contributed by atoms with van der Waals surface area (Å²) in [6.45, 7) is 2.35. The Labute approximate surface area is 183 Å². The van der Waals surface area contributed by atoms with Crippen LogP contribution in [-0.2, 0) is 6.54 Å². The SMILES string of the molecule is Cc1ccc(NC(=O)NC2CCCCC2)cc1C(=O)NCc1cccc2ccccc12. The fraction of sp³-hybridized carbons (Fsp3) is 0.308. The number of benzene rings is 3. The lowest BCUT2D eigenvalue weighted by molar-refractivity contribution is 0.0950. The number of hydrogen-bond acceptors (Lipinski definition) is 2. The van der Waals surface area contributed by atoms with Crippen molar-refractivity contribution in [1.82, 2.24) is 10.6 Å². The average Bonchev–Trinajstić information content (AvgIpc) is 2.79. The number of nitrogens with one attached hydrogen (secondary N) is 3. The first kappa shape index (κ1) is 20.9. The molecule has 5 heteroatoms. The molecule has 1 aliphatic rings. The number of rotatable bonds is 5. The zero-order chi connectivity index (χ0) is 21.6. The Balaban J connectivity index is 1.41. The largest absolute Gasteiger partial charge is 0.348 e. The zero-order valence-electron chi connectivity index (χ0n) is 17.9. The Morgan fingerprint density at radius 3 is 2.55 bits per heavy atom. The molecule has 0 aliphatic heterocycles. The molecule has 3 aromatic rings. The van der Waals surface area contributed by atoms with Crippen molar-refractivity contribution >= 4 is 28.4 Å². The highest BCUT2D eigenvalue weighted by Gasteiger charge is 2.16. The Hall–Kier alpha value is -3.34. The molecule has 0 aromatic heterocycles. The van der Waals surface area contributed by atoms with Gasteiger partial charge in [0.1, 0.15) is 0 Å². The summed E-state index contributed by atoms with van der Waals surface area (Å²) >= 11 is 0. The van der Waals surface area contributed by atoms with Gasteiger partial charge in [-0.15, -0.1) is 0 Å². The number of urea groups is 1. The van der Waals surface area contributed by atoms with Gasteiger partial charge in [0.25, 0.3) is 5.91 Å². The standard InChI is InChI=1S/C26H29N3O2/c1-18-14-15-22(29-26(31)28-21-11-3-2-4-12-21)16-24(18)25(30)27-17-20-10-7-9-19-8-5-6-13-23(19)20/h5-10,13-16,21H,2-4,11-12,17H2,1H3,(H,27,30)(H2,28,29,31). The van der Waals surface area contributed by atoms with E-state index >= 15 is 0 Å². The first-order valence-electron chi connectivity index (χ1n) is 11.0. The van der Waals surface area contributed by atoms with Gasteiger partial charge in [0, 0.05) is 23.8 Å². The Morgan fingerprint density at radius 1 is 0.935 bits per heavy atom. The Kier molecular flexibility index (Phi) is 6.51. The molecule has 3 N–H and O–H groups in total. The minimum Gasteiger partial charge on any atom is -0.348 e. The molecule has 0 bridgehead atoms. The number of carbonyl (C=O) groups is 2. The van der Waals surface area contributed by atoms with Gasteiger partial charge in [-0.05, 0) is 53.8 Å². The van der Waals surface area contributed by atoms with Gasteiger partial charge in [0.2, 0.25) is 0 Å². The first-order valence-corrected chi connectivity index (χ1v) is 11.0. The number of fused-ring (bicyclic) bond motifs is 1. The van der Waals surface area contributed by atoms with Crippen molar-refractivity contribution < 1.29 is 9.59 Å². The molecule has 5 nitrogen and oxygen atoms in total. The topological polar surface area (TPSA) is 70.2 Å². The fourth-order valence-electron chi connectivity index (χ4n) is 4.26. The second kappa shape index (κ2) is 9.65. The Morgan fingerprint density at radius 2 is 1.71 bits per heavy atom. The van der Waals surface area contributed by atoms with Crippen LogP contribution in [0.5, 0.6) is 0 Å². The molecule has 0 heterocycles. The smallest absolute Gasteiger partial charge is 0.319 e. The number of carbonyl (C=O) groups excluding carboxylic acids is 2. The van der Waals surface area contributed by atoms with E-state index in [0.29, 0.717) is 17.8 Å². The van der Waals surface area contributed by atoms with E-state index in [1.54, 1.807) is 6.07 Å². The summed E-state index contributed by atoms with van der Waals surface area (Å²) in [6.07, 6.45) is 5.63. The molecular weight excluding hydrogens is 386 g/mol. The zero-order valence-corrected chi connectivity index (χ0v) is 17.9. The van der Waals surface area contributed by atoms with Crippen LogP contribution in [0.4, 0.5) is 10.5 Å². The highest BCUT2D eigenvalue weighted by Crippen LogP contribution is 2.20. The second-order valence-electron chi connectivity index (χ2n) is 8.28. The van der Waals surface area contributed by atoms with E-state index in [2.05, 4.69) is 34.1 Å². The third kappa shape index (κ3) is 5.23. The minimum absolute atomic E-state index is 0.151. The monoisotopic (exact) mass is 415 g/mol. The van der Waals surface area contributed by atoms with Gasteiger partial charge >= 0.3 is 6.03 Å². The molecule has 160 valence electrons.